The van der Waals surface area contributed by atoms with Crippen molar-refractivity contribution in [3.63, 3.8) is 0 Å². The lowest BCUT2D eigenvalue weighted by Crippen LogP contribution is -2.52. The average Bonchev–Trinajstić information content (AvgIpc) is 2.59. The molecule has 1 aromatic rings. The molecule has 0 aromatic heterocycles. The van der Waals surface area contributed by atoms with Crippen LogP contribution in [0.5, 0.6) is 0 Å². The van der Waals surface area contributed by atoms with Crippen LogP contribution in [0.4, 0.5) is 0 Å². The van der Waals surface area contributed by atoms with Gasteiger partial charge < -0.3 is 15.0 Å². The predicted molar refractivity (Wildman–Crippen MR) is 111 cm³/mol. The third kappa shape index (κ3) is 7.36. The van der Waals surface area contributed by atoms with Crippen LogP contribution in [0.25, 0.3) is 0 Å². The van der Waals surface area contributed by atoms with E-state index in [0.29, 0.717) is 6.61 Å². The van der Waals surface area contributed by atoms with Crippen molar-refractivity contribution in [3.05, 3.63) is 35.9 Å². The number of ether oxygens (including phenoxy) is 1. The zero-order chi connectivity index (χ0) is 16.3. The molecule has 0 unspecified atom stereocenters. The van der Waals surface area contributed by atoms with E-state index in [1.54, 1.807) is 0 Å². The van der Waals surface area contributed by atoms with Gasteiger partial charge in [-0.25, -0.2) is 0 Å². The van der Waals surface area contributed by atoms with E-state index in [0.717, 1.165) is 58.4 Å². The summed E-state index contributed by atoms with van der Waals surface area (Å²) in [6.45, 7) is 12.4. The Kier molecular flexibility index (Phi) is 11.0. The third-order valence-corrected chi connectivity index (χ3v) is 3.96. The topological polar surface area (TPSA) is 40.1 Å². The highest BCUT2D eigenvalue weighted by Gasteiger charge is 2.19. The van der Waals surface area contributed by atoms with E-state index < -0.39 is 0 Å². The molecule has 1 heterocycles. The largest absolute Gasteiger partial charge is 0.380 e. The lowest BCUT2D eigenvalue weighted by molar-refractivity contribution is 0.154. The van der Waals surface area contributed by atoms with E-state index in [-0.39, 0.29) is 24.0 Å². The summed E-state index contributed by atoms with van der Waals surface area (Å²) in [6, 6.07) is 10.7. The molecule has 6 heteroatoms. The van der Waals surface area contributed by atoms with Crippen LogP contribution in [0.1, 0.15) is 19.4 Å². The molecule has 5 nitrogen and oxygen atoms in total. The first-order valence-corrected chi connectivity index (χ1v) is 8.70. The van der Waals surface area contributed by atoms with E-state index in [1.807, 2.05) is 6.92 Å². The molecule has 1 N–H and O–H groups in total. The maximum absolute atomic E-state index is 5.37. The normalized spacial score (nSPS) is 15.9. The molecule has 1 saturated heterocycles. The fourth-order valence-corrected chi connectivity index (χ4v) is 2.75. The molecule has 24 heavy (non-hydrogen) atoms. The smallest absolute Gasteiger partial charge is 0.194 e. The van der Waals surface area contributed by atoms with Gasteiger partial charge in [0, 0.05) is 45.9 Å². The summed E-state index contributed by atoms with van der Waals surface area (Å²) in [5.41, 5.74) is 1.39. The maximum Gasteiger partial charge on any atom is 0.194 e. The molecule has 1 aliphatic heterocycles. The minimum atomic E-state index is 0. The highest BCUT2D eigenvalue weighted by Crippen LogP contribution is 2.08. The van der Waals surface area contributed by atoms with Crippen molar-refractivity contribution in [3.8, 4) is 0 Å². The van der Waals surface area contributed by atoms with Gasteiger partial charge in [0.05, 0.1) is 13.2 Å². The molecule has 1 aliphatic rings. The molecule has 2 rings (SSSR count). The Bertz CT molecular complexity index is 461. The van der Waals surface area contributed by atoms with Crippen molar-refractivity contribution in [1.29, 1.82) is 0 Å². The van der Waals surface area contributed by atoms with E-state index in [1.165, 1.54) is 5.56 Å². The van der Waals surface area contributed by atoms with Crippen LogP contribution in [-0.4, -0.2) is 68.2 Å². The molecule has 0 saturated carbocycles. The third-order valence-electron chi connectivity index (χ3n) is 3.96. The summed E-state index contributed by atoms with van der Waals surface area (Å²) in [6.07, 6.45) is 0. The van der Waals surface area contributed by atoms with Gasteiger partial charge in [-0.15, -0.1) is 24.0 Å². The number of nitrogens with zero attached hydrogens (tertiary/aromatic N) is 3. The Balaban J connectivity index is 0.00000288. The molecule has 0 amide bonds. The van der Waals surface area contributed by atoms with Gasteiger partial charge in [-0.05, 0) is 19.4 Å². The number of halogens is 1. The van der Waals surface area contributed by atoms with Gasteiger partial charge in [-0.1, -0.05) is 30.3 Å². The molecule has 0 aliphatic carbocycles. The zero-order valence-electron chi connectivity index (χ0n) is 14.9. The minimum Gasteiger partial charge on any atom is -0.380 e. The highest BCUT2D eigenvalue weighted by molar-refractivity contribution is 14.0. The van der Waals surface area contributed by atoms with Crippen LogP contribution in [0.3, 0.4) is 0 Å². The van der Waals surface area contributed by atoms with Gasteiger partial charge >= 0.3 is 0 Å². The van der Waals surface area contributed by atoms with Crippen LogP contribution >= 0.6 is 24.0 Å². The molecular formula is C18H31IN4O. The molecular weight excluding hydrogens is 415 g/mol. The molecule has 1 aromatic carbocycles. The van der Waals surface area contributed by atoms with Gasteiger partial charge in [0.2, 0.25) is 0 Å². The number of benzene rings is 1. The Labute approximate surface area is 163 Å². The van der Waals surface area contributed by atoms with Crippen molar-refractivity contribution in [1.82, 2.24) is 15.1 Å². The zero-order valence-corrected chi connectivity index (χ0v) is 17.2. The monoisotopic (exact) mass is 446 g/mol. The van der Waals surface area contributed by atoms with Crippen molar-refractivity contribution in [2.24, 2.45) is 4.99 Å². The van der Waals surface area contributed by atoms with Crippen molar-refractivity contribution in [2.75, 3.05) is 52.5 Å². The van der Waals surface area contributed by atoms with E-state index in [9.17, 15) is 0 Å². The molecule has 136 valence electrons. The first-order chi connectivity index (χ1) is 11.3. The molecule has 0 bridgehead atoms. The number of hydrogen-bond donors (Lipinski definition) is 1. The number of hydrogen-bond acceptors (Lipinski definition) is 3. The summed E-state index contributed by atoms with van der Waals surface area (Å²) in [5, 5.41) is 3.40. The summed E-state index contributed by atoms with van der Waals surface area (Å²) in [7, 11) is 0. The Morgan fingerprint density at radius 1 is 1.12 bits per heavy atom. The fraction of sp³-hybridized carbons (Fsp3) is 0.611. The second-order valence-corrected chi connectivity index (χ2v) is 5.68. The van der Waals surface area contributed by atoms with Crippen LogP contribution < -0.4 is 5.32 Å². The van der Waals surface area contributed by atoms with E-state index in [2.05, 4.69) is 57.4 Å². The second kappa shape index (κ2) is 12.5. The van der Waals surface area contributed by atoms with E-state index >= 15 is 0 Å². The van der Waals surface area contributed by atoms with Gasteiger partial charge in [0.25, 0.3) is 0 Å². The number of rotatable bonds is 7. The standard InChI is InChI=1S/C18H30N4O.HI/c1-3-19-18(20-10-15-23-4-2)22-13-11-21(12-14-22)16-17-8-6-5-7-9-17;/h5-9H,3-4,10-16H2,1-2H3,(H,19,20);1H. The summed E-state index contributed by atoms with van der Waals surface area (Å²) < 4.78 is 5.37. The molecule has 0 radical (unpaired) electrons. The number of guanidine groups is 1. The highest BCUT2D eigenvalue weighted by atomic mass is 127. The molecule has 1 fully saturated rings. The van der Waals surface area contributed by atoms with Crippen LogP contribution in [0.2, 0.25) is 0 Å². The van der Waals surface area contributed by atoms with Crippen molar-refractivity contribution >= 4 is 29.9 Å². The number of nitrogens with one attached hydrogen (secondary N) is 1. The van der Waals surface area contributed by atoms with Gasteiger partial charge in [0.15, 0.2) is 5.96 Å². The van der Waals surface area contributed by atoms with Crippen LogP contribution in [-0.2, 0) is 11.3 Å². The maximum atomic E-state index is 5.37. The second-order valence-electron chi connectivity index (χ2n) is 5.68. The summed E-state index contributed by atoms with van der Waals surface area (Å²) in [5.74, 6) is 1.02. The van der Waals surface area contributed by atoms with Gasteiger partial charge in [-0.3, -0.25) is 9.89 Å². The SMILES string of the molecule is CCNC(=NCCOCC)N1CCN(Cc2ccccc2)CC1.I. The summed E-state index contributed by atoms with van der Waals surface area (Å²) >= 11 is 0. The number of piperazine rings is 1. The minimum absolute atomic E-state index is 0. The quantitative estimate of drug-likeness (QED) is 0.302. The first-order valence-electron chi connectivity index (χ1n) is 8.70. The van der Waals surface area contributed by atoms with Gasteiger partial charge in [0.1, 0.15) is 0 Å². The van der Waals surface area contributed by atoms with Crippen molar-refractivity contribution < 1.29 is 4.74 Å². The fourth-order valence-electron chi connectivity index (χ4n) is 2.75. The first kappa shape index (κ1) is 21.2. The Hall–Kier alpha value is -0.860. The van der Waals surface area contributed by atoms with E-state index in [4.69, 9.17) is 4.74 Å². The van der Waals surface area contributed by atoms with Gasteiger partial charge in [-0.2, -0.15) is 0 Å². The Morgan fingerprint density at radius 2 is 1.83 bits per heavy atom. The molecule has 0 atom stereocenters. The number of aliphatic imine (C=N–C) groups is 1. The van der Waals surface area contributed by atoms with Crippen LogP contribution in [0, 0.1) is 0 Å². The molecule has 0 spiro atoms. The average molecular weight is 446 g/mol. The lowest BCUT2D eigenvalue weighted by atomic mass is 10.2. The predicted octanol–water partition coefficient (Wildman–Crippen LogP) is 2.42. The summed E-state index contributed by atoms with van der Waals surface area (Å²) in [4.78, 5) is 9.54. The van der Waals surface area contributed by atoms with Crippen molar-refractivity contribution in [2.45, 2.75) is 20.4 Å². The lowest BCUT2D eigenvalue weighted by Gasteiger charge is -2.36. The van der Waals surface area contributed by atoms with Crippen LogP contribution in [0.15, 0.2) is 35.3 Å². The Morgan fingerprint density at radius 3 is 2.46 bits per heavy atom.